The highest BCUT2D eigenvalue weighted by Gasteiger charge is 2.19. The van der Waals surface area contributed by atoms with Crippen molar-refractivity contribution in [3.63, 3.8) is 0 Å². The fraction of sp³-hybridized carbons (Fsp3) is 0. The van der Waals surface area contributed by atoms with E-state index in [1.165, 1.54) is 26.6 Å². The SMILES string of the molecule is c1ccc(-c2nc(-c3ccc4c(c3)oc3c(-c5ccccc5)cccc34)nc(-c3cccc4c3sc3c(-c5ccccc5)cccc34)n2)cc1. The van der Waals surface area contributed by atoms with Gasteiger partial charge in [0.25, 0.3) is 0 Å². The molecule has 0 unspecified atom stereocenters. The molecule has 0 aliphatic carbocycles. The molecule has 0 bridgehead atoms. The molecular weight excluding hydrogens is 631 g/mol. The van der Waals surface area contributed by atoms with Gasteiger partial charge < -0.3 is 4.42 Å². The van der Waals surface area contributed by atoms with Crippen LogP contribution >= 0.6 is 11.3 Å². The second kappa shape index (κ2) is 11.6. The molecule has 0 atom stereocenters. The van der Waals surface area contributed by atoms with Gasteiger partial charge in [0.05, 0.1) is 0 Å². The van der Waals surface area contributed by atoms with Crippen LogP contribution in [0.4, 0.5) is 0 Å². The number of rotatable bonds is 5. The molecule has 234 valence electrons. The molecule has 7 aromatic carbocycles. The highest BCUT2D eigenvalue weighted by atomic mass is 32.1. The van der Waals surface area contributed by atoms with Crippen LogP contribution in [-0.2, 0) is 0 Å². The smallest absolute Gasteiger partial charge is 0.165 e. The molecule has 0 saturated heterocycles. The van der Waals surface area contributed by atoms with Crippen molar-refractivity contribution in [2.75, 3.05) is 0 Å². The first-order chi connectivity index (χ1) is 24.8. The fourth-order valence-electron chi connectivity index (χ4n) is 6.97. The minimum absolute atomic E-state index is 0.600. The molecule has 10 rings (SSSR count). The fourth-order valence-corrected chi connectivity index (χ4v) is 8.31. The van der Waals surface area contributed by atoms with Crippen LogP contribution in [0.5, 0.6) is 0 Å². The highest BCUT2D eigenvalue weighted by Crippen LogP contribution is 2.44. The van der Waals surface area contributed by atoms with E-state index in [1.807, 2.05) is 36.4 Å². The van der Waals surface area contributed by atoms with Crippen LogP contribution < -0.4 is 0 Å². The zero-order chi connectivity index (χ0) is 33.0. The largest absolute Gasteiger partial charge is 0.455 e. The molecular formula is C45H27N3OS. The third-order valence-electron chi connectivity index (χ3n) is 9.36. The third kappa shape index (κ3) is 4.71. The maximum atomic E-state index is 6.60. The number of aromatic nitrogens is 3. The van der Waals surface area contributed by atoms with Gasteiger partial charge in [-0.1, -0.05) is 146 Å². The Labute approximate surface area is 292 Å². The van der Waals surface area contributed by atoms with Crippen molar-refractivity contribution in [1.82, 2.24) is 15.0 Å². The van der Waals surface area contributed by atoms with Gasteiger partial charge in [-0.25, -0.2) is 15.0 Å². The summed E-state index contributed by atoms with van der Waals surface area (Å²) < 4.78 is 9.01. The summed E-state index contributed by atoms with van der Waals surface area (Å²) in [6.07, 6.45) is 0. The lowest BCUT2D eigenvalue weighted by atomic mass is 10.0. The number of nitrogens with zero attached hydrogens (tertiary/aromatic N) is 3. The third-order valence-corrected chi connectivity index (χ3v) is 10.6. The van der Waals surface area contributed by atoms with E-state index in [2.05, 4.69) is 127 Å². The summed E-state index contributed by atoms with van der Waals surface area (Å²) in [5, 5.41) is 4.57. The van der Waals surface area contributed by atoms with Crippen molar-refractivity contribution in [1.29, 1.82) is 0 Å². The molecule has 0 radical (unpaired) electrons. The molecule has 0 fully saturated rings. The lowest BCUT2D eigenvalue weighted by Crippen LogP contribution is -2.00. The van der Waals surface area contributed by atoms with Crippen LogP contribution in [0.3, 0.4) is 0 Å². The van der Waals surface area contributed by atoms with Gasteiger partial charge in [0, 0.05) is 53.2 Å². The number of para-hydroxylation sites is 1. The minimum Gasteiger partial charge on any atom is -0.455 e. The van der Waals surface area contributed by atoms with E-state index in [4.69, 9.17) is 19.4 Å². The molecule has 0 saturated carbocycles. The Morgan fingerprint density at radius 1 is 0.360 bits per heavy atom. The van der Waals surface area contributed by atoms with Gasteiger partial charge in [-0.2, -0.15) is 0 Å². The lowest BCUT2D eigenvalue weighted by Gasteiger charge is -2.09. The summed E-state index contributed by atoms with van der Waals surface area (Å²) in [7, 11) is 0. The molecule has 0 aliphatic heterocycles. The molecule has 0 spiro atoms. The number of hydrogen-bond acceptors (Lipinski definition) is 5. The Morgan fingerprint density at radius 2 is 0.880 bits per heavy atom. The number of benzene rings is 7. The molecule has 0 aliphatic rings. The van der Waals surface area contributed by atoms with Gasteiger partial charge in [0.15, 0.2) is 17.5 Å². The van der Waals surface area contributed by atoms with Crippen molar-refractivity contribution in [2.45, 2.75) is 0 Å². The first kappa shape index (κ1) is 28.6. The first-order valence-corrected chi connectivity index (χ1v) is 17.4. The standard InChI is InChI=1S/C45H27N3OS/c1-4-13-28(14-5-1)32-19-10-21-35-34-26-25-31(27-39(34)49-40(32)35)44-46-43(30-17-8-3-9-18-30)47-45(48-44)38-24-12-23-37-36-22-11-20-33(41(36)50-42(37)38)29-15-6-2-7-16-29/h1-27H. The van der Waals surface area contributed by atoms with E-state index in [-0.39, 0.29) is 0 Å². The van der Waals surface area contributed by atoms with E-state index in [9.17, 15) is 0 Å². The van der Waals surface area contributed by atoms with Crippen LogP contribution in [0.1, 0.15) is 0 Å². The molecule has 10 aromatic rings. The average molecular weight is 658 g/mol. The number of fused-ring (bicyclic) bond motifs is 6. The van der Waals surface area contributed by atoms with Crippen LogP contribution in [-0.4, -0.2) is 15.0 Å². The summed E-state index contributed by atoms with van der Waals surface area (Å²) in [5.41, 5.74) is 9.09. The molecule has 0 N–H and O–H groups in total. The van der Waals surface area contributed by atoms with Gasteiger partial charge in [-0.05, 0) is 34.9 Å². The van der Waals surface area contributed by atoms with Crippen molar-refractivity contribution >= 4 is 53.4 Å². The Balaban J connectivity index is 1.17. The second-order valence-corrected chi connectivity index (χ2v) is 13.4. The Hall–Kier alpha value is -6.43. The zero-order valence-corrected chi connectivity index (χ0v) is 27.6. The monoisotopic (exact) mass is 657 g/mol. The van der Waals surface area contributed by atoms with E-state index in [0.717, 1.165) is 54.5 Å². The first-order valence-electron chi connectivity index (χ1n) is 16.6. The summed E-state index contributed by atoms with van der Waals surface area (Å²) in [6.45, 7) is 0. The van der Waals surface area contributed by atoms with Crippen LogP contribution in [0.15, 0.2) is 168 Å². The molecule has 0 amide bonds. The lowest BCUT2D eigenvalue weighted by molar-refractivity contribution is 0.670. The maximum absolute atomic E-state index is 6.60. The van der Waals surface area contributed by atoms with Gasteiger partial charge in [-0.15, -0.1) is 11.3 Å². The van der Waals surface area contributed by atoms with Crippen molar-refractivity contribution < 1.29 is 4.42 Å². The minimum atomic E-state index is 0.600. The molecule has 4 nitrogen and oxygen atoms in total. The van der Waals surface area contributed by atoms with Crippen molar-refractivity contribution in [3.05, 3.63) is 164 Å². The molecule has 3 aromatic heterocycles. The number of thiophene rings is 1. The van der Waals surface area contributed by atoms with Gasteiger partial charge in [0.1, 0.15) is 11.2 Å². The number of hydrogen-bond donors (Lipinski definition) is 0. The summed E-state index contributed by atoms with van der Waals surface area (Å²) >= 11 is 1.80. The zero-order valence-electron chi connectivity index (χ0n) is 26.7. The highest BCUT2D eigenvalue weighted by molar-refractivity contribution is 7.26. The van der Waals surface area contributed by atoms with Gasteiger partial charge in [-0.3, -0.25) is 0 Å². The Morgan fingerprint density at radius 3 is 1.56 bits per heavy atom. The Bertz CT molecular complexity index is 2860. The predicted molar refractivity (Wildman–Crippen MR) is 207 cm³/mol. The maximum Gasteiger partial charge on any atom is 0.165 e. The quantitative estimate of drug-likeness (QED) is 0.185. The summed E-state index contributed by atoms with van der Waals surface area (Å²) in [4.78, 5) is 15.3. The molecule has 50 heavy (non-hydrogen) atoms. The molecule has 3 heterocycles. The van der Waals surface area contributed by atoms with E-state index < -0.39 is 0 Å². The van der Waals surface area contributed by atoms with Gasteiger partial charge >= 0.3 is 0 Å². The predicted octanol–water partition coefficient (Wildman–Crippen LogP) is 12.5. The molecule has 5 heteroatoms. The van der Waals surface area contributed by atoms with Crippen LogP contribution in [0.2, 0.25) is 0 Å². The normalized spacial score (nSPS) is 11.6. The number of furan rings is 1. The van der Waals surface area contributed by atoms with E-state index in [0.29, 0.717) is 17.5 Å². The van der Waals surface area contributed by atoms with Crippen molar-refractivity contribution in [3.8, 4) is 56.4 Å². The van der Waals surface area contributed by atoms with Crippen molar-refractivity contribution in [2.24, 2.45) is 0 Å². The van der Waals surface area contributed by atoms with E-state index >= 15 is 0 Å². The van der Waals surface area contributed by atoms with Crippen LogP contribution in [0.25, 0.3) is 98.5 Å². The summed E-state index contributed by atoms with van der Waals surface area (Å²) in [5.74, 6) is 1.87. The van der Waals surface area contributed by atoms with E-state index in [1.54, 1.807) is 11.3 Å². The Kier molecular flexibility index (Phi) is 6.64. The topological polar surface area (TPSA) is 51.8 Å². The second-order valence-electron chi connectivity index (χ2n) is 12.4. The van der Waals surface area contributed by atoms with Gasteiger partial charge in [0.2, 0.25) is 0 Å². The van der Waals surface area contributed by atoms with Crippen LogP contribution in [0, 0.1) is 0 Å². The average Bonchev–Trinajstić information content (AvgIpc) is 3.77. The summed E-state index contributed by atoms with van der Waals surface area (Å²) in [6, 6.07) is 56.7.